The maximum atomic E-state index is 12.1. The Bertz CT molecular complexity index is 409. The van der Waals surface area contributed by atoms with E-state index in [0.717, 1.165) is 23.9 Å². The average Bonchev–Trinajstić information content (AvgIpc) is 2.45. The molecular weight excluding hydrogens is 235 g/mol. The van der Waals surface area contributed by atoms with E-state index in [2.05, 4.69) is 10.4 Å². The van der Waals surface area contributed by atoms with Gasteiger partial charge in [0.2, 0.25) is 5.91 Å². The van der Waals surface area contributed by atoms with Crippen molar-refractivity contribution in [2.45, 2.75) is 32.0 Å². The number of aromatic nitrogens is 2. The first-order valence-electron chi connectivity index (χ1n) is 5.34. The molecule has 0 unspecified atom stereocenters. The van der Waals surface area contributed by atoms with Crippen molar-refractivity contribution >= 4 is 11.6 Å². The van der Waals surface area contributed by atoms with Crippen LogP contribution in [0.15, 0.2) is 12.4 Å². The van der Waals surface area contributed by atoms with Crippen molar-refractivity contribution in [3.05, 3.63) is 12.4 Å². The van der Waals surface area contributed by atoms with E-state index < -0.39 is 12.7 Å². The quantitative estimate of drug-likeness (QED) is 0.889. The van der Waals surface area contributed by atoms with E-state index in [-0.39, 0.29) is 11.8 Å². The normalized spacial score (nSPS) is 16.6. The molecule has 0 radical (unpaired) electrons. The van der Waals surface area contributed by atoms with Gasteiger partial charge in [-0.3, -0.25) is 9.48 Å². The van der Waals surface area contributed by atoms with Crippen molar-refractivity contribution < 1.29 is 18.0 Å². The maximum Gasteiger partial charge on any atom is 0.408 e. The van der Waals surface area contributed by atoms with Crippen LogP contribution in [0.2, 0.25) is 0 Å². The maximum absolute atomic E-state index is 12.1. The van der Waals surface area contributed by atoms with Gasteiger partial charge in [-0.05, 0) is 12.8 Å². The molecule has 1 aromatic rings. The van der Waals surface area contributed by atoms with Crippen LogP contribution in [0, 0.1) is 5.92 Å². The van der Waals surface area contributed by atoms with Crippen LogP contribution in [0.3, 0.4) is 0 Å². The summed E-state index contributed by atoms with van der Waals surface area (Å²) >= 11 is 0. The van der Waals surface area contributed by atoms with Crippen molar-refractivity contribution in [2.24, 2.45) is 5.92 Å². The lowest BCUT2D eigenvalue weighted by Crippen LogP contribution is -2.27. The first kappa shape index (κ1) is 11.9. The summed E-state index contributed by atoms with van der Waals surface area (Å²) in [5.41, 5.74) is 0.311. The number of carbonyl (C=O) groups is 1. The van der Waals surface area contributed by atoms with Gasteiger partial charge in [0.15, 0.2) is 0 Å². The van der Waals surface area contributed by atoms with Gasteiger partial charge in [-0.1, -0.05) is 6.42 Å². The molecule has 0 bridgehead atoms. The number of carbonyl (C=O) groups excluding carboxylic acids is 1. The standard InChI is InChI=1S/C10H12F3N3O/c11-10(12,13)6-16-5-8(4-14-16)15-9(17)7-2-1-3-7/h4-5,7H,1-3,6H2,(H,15,17). The molecule has 4 nitrogen and oxygen atoms in total. The molecule has 0 atom stereocenters. The van der Waals surface area contributed by atoms with Crippen LogP contribution in [0.4, 0.5) is 18.9 Å². The number of alkyl halides is 3. The first-order valence-corrected chi connectivity index (χ1v) is 5.34. The Kier molecular flexibility index (Phi) is 3.08. The fraction of sp³-hybridized carbons (Fsp3) is 0.600. The molecule has 7 heteroatoms. The van der Waals surface area contributed by atoms with E-state index in [4.69, 9.17) is 0 Å². The van der Waals surface area contributed by atoms with E-state index in [1.54, 1.807) is 0 Å². The zero-order chi connectivity index (χ0) is 12.5. The molecule has 17 heavy (non-hydrogen) atoms. The van der Waals surface area contributed by atoms with E-state index in [1.165, 1.54) is 12.4 Å². The topological polar surface area (TPSA) is 46.9 Å². The van der Waals surface area contributed by atoms with Crippen LogP contribution in [0.5, 0.6) is 0 Å². The highest BCUT2D eigenvalue weighted by atomic mass is 19.4. The van der Waals surface area contributed by atoms with Gasteiger partial charge < -0.3 is 5.32 Å². The molecule has 1 N–H and O–H groups in total. The molecule has 0 saturated heterocycles. The second-order valence-electron chi connectivity index (χ2n) is 4.16. The van der Waals surface area contributed by atoms with Crippen LogP contribution >= 0.6 is 0 Å². The first-order chi connectivity index (χ1) is 7.94. The van der Waals surface area contributed by atoms with Gasteiger partial charge in [0.25, 0.3) is 0 Å². The molecule has 0 aromatic carbocycles. The van der Waals surface area contributed by atoms with E-state index >= 15 is 0 Å². The average molecular weight is 247 g/mol. The second kappa shape index (κ2) is 4.38. The summed E-state index contributed by atoms with van der Waals surface area (Å²) in [5, 5.41) is 6.10. The number of amides is 1. The van der Waals surface area contributed by atoms with Crippen molar-refractivity contribution in [1.29, 1.82) is 0 Å². The number of halogens is 3. The molecule has 1 saturated carbocycles. The monoisotopic (exact) mass is 247 g/mol. The molecule has 0 spiro atoms. The van der Waals surface area contributed by atoms with Crippen molar-refractivity contribution in [2.75, 3.05) is 5.32 Å². The molecule has 1 aromatic heterocycles. The van der Waals surface area contributed by atoms with Crippen molar-refractivity contribution in [3.63, 3.8) is 0 Å². The smallest absolute Gasteiger partial charge is 0.323 e. The summed E-state index contributed by atoms with van der Waals surface area (Å²) in [6.45, 7) is -1.15. The lowest BCUT2D eigenvalue weighted by atomic mass is 9.85. The molecule has 2 rings (SSSR count). The molecule has 1 fully saturated rings. The molecule has 1 amide bonds. The van der Waals surface area contributed by atoms with Gasteiger partial charge in [-0.25, -0.2) is 0 Å². The Morgan fingerprint density at radius 3 is 2.76 bits per heavy atom. The van der Waals surface area contributed by atoms with Gasteiger partial charge >= 0.3 is 6.18 Å². The summed E-state index contributed by atoms with van der Waals surface area (Å²) in [6, 6.07) is 0. The third-order valence-corrected chi connectivity index (χ3v) is 2.72. The van der Waals surface area contributed by atoms with Crippen molar-refractivity contribution in [1.82, 2.24) is 9.78 Å². The third kappa shape index (κ3) is 3.21. The summed E-state index contributed by atoms with van der Waals surface area (Å²) in [4.78, 5) is 11.5. The van der Waals surface area contributed by atoms with Gasteiger partial charge in [-0.2, -0.15) is 18.3 Å². The Balaban J connectivity index is 1.91. The Morgan fingerprint density at radius 2 is 2.24 bits per heavy atom. The number of rotatable bonds is 3. The van der Waals surface area contributed by atoms with Crippen LogP contribution in [0.1, 0.15) is 19.3 Å². The van der Waals surface area contributed by atoms with Gasteiger partial charge in [0, 0.05) is 12.1 Å². The minimum atomic E-state index is -4.30. The highest BCUT2D eigenvalue weighted by Gasteiger charge is 2.29. The molecule has 1 heterocycles. The van der Waals surface area contributed by atoms with E-state index in [1.807, 2.05) is 0 Å². The fourth-order valence-electron chi connectivity index (χ4n) is 1.61. The Morgan fingerprint density at radius 1 is 1.53 bits per heavy atom. The van der Waals surface area contributed by atoms with Crippen LogP contribution < -0.4 is 5.32 Å². The minimum Gasteiger partial charge on any atom is -0.323 e. The van der Waals surface area contributed by atoms with Gasteiger partial charge in [0.1, 0.15) is 6.54 Å². The Labute approximate surface area is 95.8 Å². The summed E-state index contributed by atoms with van der Waals surface area (Å²) in [6.07, 6.45) is 0.837. The molecular formula is C10H12F3N3O. The molecule has 1 aliphatic carbocycles. The third-order valence-electron chi connectivity index (χ3n) is 2.72. The number of anilines is 1. The highest BCUT2D eigenvalue weighted by Crippen LogP contribution is 2.27. The number of nitrogens with one attached hydrogen (secondary N) is 1. The molecule has 94 valence electrons. The van der Waals surface area contributed by atoms with E-state index in [9.17, 15) is 18.0 Å². The van der Waals surface area contributed by atoms with Gasteiger partial charge in [-0.15, -0.1) is 0 Å². The van der Waals surface area contributed by atoms with Crippen LogP contribution in [-0.4, -0.2) is 21.9 Å². The van der Waals surface area contributed by atoms with Crippen molar-refractivity contribution in [3.8, 4) is 0 Å². The number of nitrogens with zero attached hydrogens (tertiary/aromatic N) is 2. The van der Waals surface area contributed by atoms with E-state index in [0.29, 0.717) is 5.69 Å². The van der Waals surface area contributed by atoms with Crippen LogP contribution in [-0.2, 0) is 11.3 Å². The lowest BCUT2D eigenvalue weighted by Gasteiger charge is -2.23. The van der Waals surface area contributed by atoms with Gasteiger partial charge in [0.05, 0.1) is 11.9 Å². The fourth-order valence-corrected chi connectivity index (χ4v) is 1.61. The number of hydrogen-bond acceptors (Lipinski definition) is 2. The van der Waals surface area contributed by atoms with Crippen LogP contribution in [0.25, 0.3) is 0 Å². The highest BCUT2D eigenvalue weighted by molar-refractivity contribution is 5.92. The predicted octanol–water partition coefficient (Wildman–Crippen LogP) is 2.18. The molecule has 1 aliphatic rings. The Hall–Kier alpha value is -1.53. The number of hydrogen-bond donors (Lipinski definition) is 1. The summed E-state index contributed by atoms with van der Waals surface area (Å²) in [5.74, 6) is -0.135. The largest absolute Gasteiger partial charge is 0.408 e. The molecule has 0 aliphatic heterocycles. The minimum absolute atomic E-state index is 0.000895. The lowest BCUT2D eigenvalue weighted by molar-refractivity contribution is -0.142. The second-order valence-corrected chi connectivity index (χ2v) is 4.16. The SMILES string of the molecule is O=C(Nc1cnn(CC(F)(F)F)c1)C1CCC1. The predicted molar refractivity (Wildman–Crippen MR) is 54.3 cm³/mol. The summed E-state index contributed by atoms with van der Waals surface area (Å²) < 4.78 is 36.9. The zero-order valence-corrected chi connectivity index (χ0v) is 9.00. The zero-order valence-electron chi connectivity index (χ0n) is 9.00. The summed E-state index contributed by atoms with van der Waals surface area (Å²) in [7, 11) is 0.